The SMILES string of the molecule is N#Cc1cccc(-c2ccc(-n3c4ccccc4c4c(-c5ccc6c(c5)c5ccccc5n6-c5ccccc5)cccc43)cc2)c1. The van der Waals surface area contributed by atoms with Gasteiger partial charge in [0.15, 0.2) is 0 Å². The molecule has 7 aromatic carbocycles. The van der Waals surface area contributed by atoms with Crippen LogP contribution < -0.4 is 0 Å². The second kappa shape index (κ2) is 10.4. The number of benzene rings is 7. The second-order valence-electron chi connectivity index (χ2n) is 11.7. The summed E-state index contributed by atoms with van der Waals surface area (Å²) in [5, 5.41) is 14.3. The quantitative estimate of drug-likeness (QED) is 0.202. The van der Waals surface area contributed by atoms with E-state index in [1.807, 2.05) is 18.2 Å². The molecule has 214 valence electrons. The lowest BCUT2D eigenvalue weighted by atomic mass is 9.98. The van der Waals surface area contributed by atoms with Crippen molar-refractivity contribution in [2.75, 3.05) is 0 Å². The van der Waals surface area contributed by atoms with Crippen LogP contribution in [0.1, 0.15) is 5.56 Å². The highest BCUT2D eigenvalue weighted by Crippen LogP contribution is 2.41. The molecule has 3 nitrogen and oxygen atoms in total. The molecule has 9 aromatic rings. The minimum Gasteiger partial charge on any atom is -0.309 e. The van der Waals surface area contributed by atoms with Gasteiger partial charge >= 0.3 is 0 Å². The maximum absolute atomic E-state index is 9.38. The van der Waals surface area contributed by atoms with E-state index in [9.17, 15) is 5.26 Å². The number of hydrogen-bond donors (Lipinski definition) is 0. The first-order valence-corrected chi connectivity index (χ1v) is 15.5. The molecule has 0 spiro atoms. The fraction of sp³-hybridized carbons (Fsp3) is 0. The Labute approximate surface area is 266 Å². The van der Waals surface area contributed by atoms with Gasteiger partial charge in [0, 0.05) is 32.9 Å². The predicted octanol–water partition coefficient (Wildman–Crippen LogP) is 11.1. The van der Waals surface area contributed by atoms with Crippen molar-refractivity contribution in [3.8, 4) is 39.7 Å². The molecular weight excluding hydrogens is 558 g/mol. The van der Waals surface area contributed by atoms with Gasteiger partial charge in [0.1, 0.15) is 0 Å². The van der Waals surface area contributed by atoms with E-state index in [1.54, 1.807) is 0 Å². The fourth-order valence-corrected chi connectivity index (χ4v) is 7.11. The summed E-state index contributed by atoms with van der Waals surface area (Å²) < 4.78 is 4.73. The van der Waals surface area contributed by atoms with Crippen molar-refractivity contribution in [2.24, 2.45) is 0 Å². The maximum atomic E-state index is 9.38. The predicted molar refractivity (Wildman–Crippen MR) is 191 cm³/mol. The highest BCUT2D eigenvalue weighted by molar-refractivity contribution is 6.17. The number of para-hydroxylation sites is 3. The third-order valence-electron chi connectivity index (χ3n) is 9.15. The molecule has 0 N–H and O–H groups in total. The molecule has 0 saturated carbocycles. The monoisotopic (exact) mass is 585 g/mol. The van der Waals surface area contributed by atoms with Crippen molar-refractivity contribution >= 4 is 43.6 Å². The Bertz CT molecular complexity index is 2630. The molecule has 0 bridgehead atoms. The number of nitrogens with zero attached hydrogens (tertiary/aromatic N) is 3. The van der Waals surface area contributed by atoms with Crippen LogP contribution in [-0.2, 0) is 0 Å². The molecule has 9 rings (SSSR count). The van der Waals surface area contributed by atoms with E-state index in [1.165, 1.54) is 54.7 Å². The van der Waals surface area contributed by atoms with Crippen LogP contribution in [0, 0.1) is 11.3 Å². The Morgan fingerprint density at radius 3 is 1.80 bits per heavy atom. The minimum absolute atomic E-state index is 0.666. The van der Waals surface area contributed by atoms with Gasteiger partial charge in [-0.05, 0) is 89.0 Å². The molecule has 3 heteroatoms. The van der Waals surface area contributed by atoms with Crippen LogP contribution in [0.2, 0.25) is 0 Å². The molecular formula is C43H27N3. The molecule has 2 heterocycles. The lowest BCUT2D eigenvalue weighted by Gasteiger charge is -2.11. The van der Waals surface area contributed by atoms with Crippen LogP contribution >= 0.6 is 0 Å². The van der Waals surface area contributed by atoms with Crippen LogP contribution in [0.4, 0.5) is 0 Å². The summed E-state index contributed by atoms with van der Waals surface area (Å²) in [6, 6.07) is 60.2. The molecule has 0 aliphatic heterocycles. The van der Waals surface area contributed by atoms with Crippen molar-refractivity contribution < 1.29 is 0 Å². The van der Waals surface area contributed by atoms with Gasteiger partial charge in [0.2, 0.25) is 0 Å². The average Bonchev–Trinajstić information content (AvgIpc) is 3.65. The summed E-state index contributed by atoms with van der Waals surface area (Å²) in [4.78, 5) is 0. The number of fused-ring (bicyclic) bond motifs is 6. The first kappa shape index (κ1) is 26.1. The molecule has 0 unspecified atom stereocenters. The standard InChI is InChI=1S/C43H27N3/c44-28-29-10-8-11-31(26-29)30-20-23-34(24-21-30)46-40-18-7-5-15-37(40)43-35(16-9-19-42(43)46)32-22-25-41-38(27-32)36-14-4-6-17-39(36)45(41)33-12-2-1-3-13-33/h1-27H. The van der Waals surface area contributed by atoms with Gasteiger partial charge < -0.3 is 9.13 Å². The Hall–Kier alpha value is -6.37. The Balaban J connectivity index is 1.24. The van der Waals surface area contributed by atoms with Crippen molar-refractivity contribution in [3.05, 3.63) is 169 Å². The molecule has 0 amide bonds. The van der Waals surface area contributed by atoms with Gasteiger partial charge in [-0.15, -0.1) is 0 Å². The molecule has 0 saturated heterocycles. The van der Waals surface area contributed by atoms with Gasteiger partial charge in [-0.25, -0.2) is 0 Å². The zero-order valence-electron chi connectivity index (χ0n) is 24.9. The number of hydrogen-bond acceptors (Lipinski definition) is 1. The van der Waals surface area contributed by atoms with Crippen molar-refractivity contribution in [3.63, 3.8) is 0 Å². The van der Waals surface area contributed by atoms with Crippen LogP contribution in [0.15, 0.2) is 164 Å². The zero-order valence-corrected chi connectivity index (χ0v) is 24.9. The van der Waals surface area contributed by atoms with E-state index in [2.05, 4.69) is 161 Å². The zero-order chi connectivity index (χ0) is 30.6. The molecule has 46 heavy (non-hydrogen) atoms. The molecule has 0 atom stereocenters. The van der Waals surface area contributed by atoms with Gasteiger partial charge in [0.25, 0.3) is 0 Å². The maximum Gasteiger partial charge on any atom is 0.0991 e. The number of nitriles is 1. The van der Waals surface area contributed by atoms with Crippen LogP contribution in [0.5, 0.6) is 0 Å². The fourth-order valence-electron chi connectivity index (χ4n) is 7.11. The number of aromatic nitrogens is 2. The highest BCUT2D eigenvalue weighted by Gasteiger charge is 2.18. The average molecular weight is 586 g/mol. The highest BCUT2D eigenvalue weighted by atomic mass is 15.0. The Kier molecular flexibility index (Phi) is 5.88. The molecule has 0 radical (unpaired) electrons. The summed E-state index contributed by atoms with van der Waals surface area (Å²) in [5.41, 5.74) is 12.2. The molecule has 0 fully saturated rings. The van der Waals surface area contributed by atoms with E-state index >= 15 is 0 Å². The van der Waals surface area contributed by atoms with Crippen LogP contribution in [-0.4, -0.2) is 9.13 Å². The van der Waals surface area contributed by atoms with Crippen molar-refractivity contribution in [1.82, 2.24) is 9.13 Å². The lowest BCUT2D eigenvalue weighted by molar-refractivity contribution is 1.18. The number of rotatable bonds is 4. The van der Waals surface area contributed by atoms with E-state index < -0.39 is 0 Å². The first-order chi connectivity index (χ1) is 22.8. The largest absolute Gasteiger partial charge is 0.309 e. The molecule has 0 aliphatic rings. The summed E-state index contributed by atoms with van der Waals surface area (Å²) >= 11 is 0. The smallest absolute Gasteiger partial charge is 0.0991 e. The van der Waals surface area contributed by atoms with Gasteiger partial charge in [-0.3, -0.25) is 0 Å². The topological polar surface area (TPSA) is 33.6 Å². The van der Waals surface area contributed by atoms with E-state index in [-0.39, 0.29) is 0 Å². The van der Waals surface area contributed by atoms with Crippen LogP contribution in [0.25, 0.3) is 77.2 Å². The normalized spacial score (nSPS) is 11.5. The summed E-state index contributed by atoms with van der Waals surface area (Å²) in [5.74, 6) is 0. The van der Waals surface area contributed by atoms with Gasteiger partial charge in [-0.1, -0.05) is 97.1 Å². The minimum atomic E-state index is 0.666. The summed E-state index contributed by atoms with van der Waals surface area (Å²) in [6.07, 6.45) is 0. The van der Waals surface area contributed by atoms with E-state index in [0.29, 0.717) is 5.56 Å². The third kappa shape index (κ3) is 3.98. The Morgan fingerprint density at radius 2 is 1.00 bits per heavy atom. The lowest BCUT2D eigenvalue weighted by Crippen LogP contribution is -1.94. The Morgan fingerprint density at radius 1 is 0.391 bits per heavy atom. The van der Waals surface area contributed by atoms with Crippen LogP contribution in [0.3, 0.4) is 0 Å². The molecule has 2 aromatic heterocycles. The van der Waals surface area contributed by atoms with Crippen molar-refractivity contribution in [2.45, 2.75) is 0 Å². The van der Waals surface area contributed by atoms with Crippen molar-refractivity contribution in [1.29, 1.82) is 5.26 Å². The summed E-state index contributed by atoms with van der Waals surface area (Å²) in [7, 11) is 0. The van der Waals surface area contributed by atoms with E-state index in [0.717, 1.165) is 22.5 Å². The van der Waals surface area contributed by atoms with Gasteiger partial charge in [-0.2, -0.15) is 5.26 Å². The van der Waals surface area contributed by atoms with Gasteiger partial charge in [0.05, 0.1) is 33.7 Å². The summed E-state index contributed by atoms with van der Waals surface area (Å²) in [6.45, 7) is 0. The first-order valence-electron chi connectivity index (χ1n) is 15.5. The van der Waals surface area contributed by atoms with E-state index in [4.69, 9.17) is 0 Å². The third-order valence-corrected chi connectivity index (χ3v) is 9.15. The molecule has 0 aliphatic carbocycles. The second-order valence-corrected chi connectivity index (χ2v) is 11.7.